The van der Waals surface area contributed by atoms with Gasteiger partial charge in [0.15, 0.2) is 0 Å². The second-order valence-corrected chi connectivity index (χ2v) is 8.00. The zero-order chi connectivity index (χ0) is 18.2. The van der Waals surface area contributed by atoms with Crippen LogP contribution in [-0.4, -0.2) is 40.7 Å². The normalized spacial score (nSPS) is 21.6. The standard InChI is InChI=1S/C18H29BN2O4/c1-6-23-15(22)8-7-11-21-12-14(16(20-21)13-9-10-13)19-24-17(2,3)18(4,5)25-19/h12-13H,6-11H2,1-5H3. The number of rotatable bonds is 7. The van der Waals surface area contributed by atoms with Crippen molar-refractivity contribution in [2.24, 2.45) is 0 Å². The van der Waals surface area contributed by atoms with Crippen molar-refractivity contribution in [1.29, 1.82) is 0 Å². The molecule has 25 heavy (non-hydrogen) atoms. The van der Waals surface area contributed by atoms with Crippen molar-refractivity contribution in [3.63, 3.8) is 0 Å². The molecule has 1 aliphatic carbocycles. The molecule has 6 nitrogen and oxygen atoms in total. The maximum Gasteiger partial charge on any atom is 0.498 e. The van der Waals surface area contributed by atoms with Gasteiger partial charge in [0.2, 0.25) is 0 Å². The average Bonchev–Trinajstić information content (AvgIpc) is 3.22. The molecule has 7 heteroatoms. The number of hydrogen-bond acceptors (Lipinski definition) is 5. The van der Waals surface area contributed by atoms with Crippen LogP contribution in [0.4, 0.5) is 0 Å². The van der Waals surface area contributed by atoms with Crippen molar-refractivity contribution < 1.29 is 18.8 Å². The lowest BCUT2D eigenvalue weighted by molar-refractivity contribution is -0.143. The molecule has 1 aromatic heterocycles. The summed E-state index contributed by atoms with van der Waals surface area (Å²) in [7, 11) is -0.376. The number of ether oxygens (including phenoxy) is 1. The van der Waals surface area contributed by atoms with Gasteiger partial charge in [-0.2, -0.15) is 5.10 Å². The Morgan fingerprint density at radius 3 is 2.52 bits per heavy atom. The molecule has 138 valence electrons. The lowest BCUT2D eigenvalue weighted by Gasteiger charge is -2.32. The minimum atomic E-state index is -0.376. The lowest BCUT2D eigenvalue weighted by Crippen LogP contribution is -2.41. The number of carbonyl (C=O) groups is 1. The van der Waals surface area contributed by atoms with E-state index in [0.29, 0.717) is 31.9 Å². The van der Waals surface area contributed by atoms with Crippen LogP contribution >= 0.6 is 0 Å². The summed E-state index contributed by atoms with van der Waals surface area (Å²) in [5.41, 5.74) is 1.42. The van der Waals surface area contributed by atoms with E-state index < -0.39 is 0 Å². The molecule has 3 rings (SSSR count). The van der Waals surface area contributed by atoms with Crippen molar-refractivity contribution in [1.82, 2.24) is 9.78 Å². The molecule has 2 aliphatic rings. The summed E-state index contributed by atoms with van der Waals surface area (Å²) in [5.74, 6) is 0.364. The zero-order valence-corrected chi connectivity index (χ0v) is 16.0. The first-order chi connectivity index (χ1) is 11.7. The number of esters is 1. The molecule has 0 N–H and O–H groups in total. The maximum absolute atomic E-state index is 11.5. The van der Waals surface area contributed by atoms with Crippen LogP contribution in [0, 0.1) is 0 Å². The van der Waals surface area contributed by atoms with Crippen LogP contribution in [0.3, 0.4) is 0 Å². The molecule has 0 spiro atoms. The molecular weight excluding hydrogens is 319 g/mol. The van der Waals surface area contributed by atoms with Gasteiger partial charge in [-0.25, -0.2) is 0 Å². The maximum atomic E-state index is 11.5. The average molecular weight is 348 g/mol. The summed E-state index contributed by atoms with van der Waals surface area (Å²) < 4.78 is 19.3. The third-order valence-corrected chi connectivity index (χ3v) is 5.36. The third kappa shape index (κ3) is 3.92. The molecule has 1 saturated heterocycles. The smallest absolute Gasteiger partial charge is 0.466 e. The molecule has 0 unspecified atom stereocenters. The second-order valence-electron chi connectivity index (χ2n) is 8.00. The molecule has 0 atom stereocenters. The Hall–Kier alpha value is -1.34. The van der Waals surface area contributed by atoms with E-state index in [1.54, 1.807) is 0 Å². The van der Waals surface area contributed by atoms with E-state index in [9.17, 15) is 4.79 Å². The van der Waals surface area contributed by atoms with E-state index in [2.05, 4.69) is 27.7 Å². The fraction of sp³-hybridized carbons (Fsp3) is 0.778. The topological polar surface area (TPSA) is 62.6 Å². The zero-order valence-electron chi connectivity index (χ0n) is 16.0. The first-order valence-electron chi connectivity index (χ1n) is 9.32. The van der Waals surface area contributed by atoms with E-state index in [0.717, 1.165) is 11.2 Å². The largest absolute Gasteiger partial charge is 0.498 e. The molecular formula is C18H29BN2O4. The second kappa shape index (κ2) is 6.76. The van der Waals surface area contributed by atoms with Crippen LogP contribution in [0.5, 0.6) is 0 Å². The summed E-state index contributed by atoms with van der Waals surface area (Å²) in [5, 5.41) is 4.76. The van der Waals surface area contributed by atoms with Crippen LogP contribution in [0.2, 0.25) is 0 Å². The Morgan fingerprint density at radius 2 is 1.96 bits per heavy atom. The molecule has 1 aromatic rings. The highest BCUT2D eigenvalue weighted by molar-refractivity contribution is 6.62. The number of aromatic nitrogens is 2. The van der Waals surface area contributed by atoms with Gasteiger partial charge in [0, 0.05) is 30.5 Å². The highest BCUT2D eigenvalue weighted by Gasteiger charge is 2.53. The quantitative estimate of drug-likeness (QED) is 0.559. The molecule has 2 heterocycles. The molecule has 1 saturated carbocycles. The van der Waals surface area contributed by atoms with E-state index in [1.807, 2.05) is 17.8 Å². The van der Waals surface area contributed by atoms with Gasteiger partial charge in [-0.05, 0) is 53.9 Å². The van der Waals surface area contributed by atoms with Gasteiger partial charge in [0.1, 0.15) is 0 Å². The van der Waals surface area contributed by atoms with Gasteiger partial charge < -0.3 is 14.0 Å². The minimum absolute atomic E-state index is 0.150. The Bertz CT molecular complexity index is 621. The first kappa shape index (κ1) is 18.5. The van der Waals surface area contributed by atoms with Crippen LogP contribution in [0.1, 0.15) is 71.9 Å². The third-order valence-electron chi connectivity index (χ3n) is 5.36. The van der Waals surface area contributed by atoms with Crippen LogP contribution < -0.4 is 5.46 Å². The molecule has 1 aliphatic heterocycles. The van der Waals surface area contributed by atoms with Crippen LogP contribution in [0.25, 0.3) is 0 Å². The first-order valence-corrected chi connectivity index (χ1v) is 9.32. The van der Waals surface area contributed by atoms with Crippen molar-refractivity contribution in [2.45, 2.75) is 84.0 Å². The lowest BCUT2D eigenvalue weighted by atomic mass is 9.78. The van der Waals surface area contributed by atoms with Crippen LogP contribution in [0.15, 0.2) is 6.20 Å². The summed E-state index contributed by atoms with van der Waals surface area (Å²) in [4.78, 5) is 11.5. The molecule has 0 aromatic carbocycles. The molecule has 2 fully saturated rings. The predicted molar refractivity (Wildman–Crippen MR) is 95.8 cm³/mol. The molecule has 0 radical (unpaired) electrons. The van der Waals surface area contributed by atoms with E-state index >= 15 is 0 Å². The minimum Gasteiger partial charge on any atom is -0.466 e. The Kier molecular flexibility index (Phi) is 4.99. The van der Waals surface area contributed by atoms with E-state index in [4.69, 9.17) is 19.1 Å². The molecule has 0 bridgehead atoms. The van der Waals surface area contributed by atoms with Gasteiger partial charge in [0.25, 0.3) is 0 Å². The van der Waals surface area contributed by atoms with Crippen molar-refractivity contribution >= 4 is 18.6 Å². The Morgan fingerprint density at radius 1 is 1.32 bits per heavy atom. The fourth-order valence-corrected chi connectivity index (χ4v) is 3.01. The predicted octanol–water partition coefficient (Wildman–Crippen LogP) is 2.40. The highest BCUT2D eigenvalue weighted by atomic mass is 16.7. The summed E-state index contributed by atoms with van der Waals surface area (Å²) in [6, 6.07) is 0. The Labute approximate surface area is 150 Å². The van der Waals surface area contributed by atoms with E-state index in [-0.39, 0.29) is 24.3 Å². The fourth-order valence-electron chi connectivity index (χ4n) is 3.01. The summed E-state index contributed by atoms with van der Waals surface area (Å²) >= 11 is 0. The number of aryl methyl sites for hydroxylation is 1. The van der Waals surface area contributed by atoms with Crippen LogP contribution in [-0.2, 0) is 25.4 Å². The monoisotopic (exact) mass is 348 g/mol. The van der Waals surface area contributed by atoms with Gasteiger partial charge >= 0.3 is 13.1 Å². The van der Waals surface area contributed by atoms with Gasteiger partial charge in [-0.15, -0.1) is 0 Å². The SMILES string of the molecule is CCOC(=O)CCCn1cc(B2OC(C)(C)C(C)(C)O2)c(C2CC2)n1. The number of carbonyl (C=O) groups excluding carboxylic acids is 1. The number of nitrogens with zero attached hydrogens (tertiary/aromatic N) is 2. The van der Waals surface area contributed by atoms with Gasteiger partial charge in [-0.3, -0.25) is 9.48 Å². The number of hydrogen-bond donors (Lipinski definition) is 0. The van der Waals surface area contributed by atoms with Crippen molar-refractivity contribution in [3.05, 3.63) is 11.9 Å². The Balaban J connectivity index is 1.70. The van der Waals surface area contributed by atoms with Gasteiger partial charge in [-0.1, -0.05) is 0 Å². The van der Waals surface area contributed by atoms with Crippen molar-refractivity contribution in [3.8, 4) is 0 Å². The highest BCUT2D eigenvalue weighted by Crippen LogP contribution is 2.41. The van der Waals surface area contributed by atoms with Gasteiger partial charge in [0.05, 0.1) is 23.5 Å². The summed E-state index contributed by atoms with van der Waals surface area (Å²) in [6.07, 6.45) is 5.51. The summed E-state index contributed by atoms with van der Waals surface area (Å²) in [6.45, 7) is 11.2. The van der Waals surface area contributed by atoms with Crippen molar-refractivity contribution in [2.75, 3.05) is 6.61 Å². The van der Waals surface area contributed by atoms with E-state index in [1.165, 1.54) is 12.8 Å². The molecule has 0 amide bonds.